The van der Waals surface area contributed by atoms with Gasteiger partial charge in [0.15, 0.2) is 5.78 Å². The number of nitrogens with two attached hydrogens (primary N) is 1. The number of ether oxygens (including phenoxy) is 2. The highest BCUT2D eigenvalue weighted by Crippen LogP contribution is 2.76. The lowest BCUT2D eigenvalue weighted by Crippen LogP contribution is -2.68. The number of nitrogens with one attached hydrogen (secondary N) is 1. The molecule has 1 aromatic rings. The monoisotopic (exact) mass is 771 g/mol. The zero-order valence-corrected chi connectivity index (χ0v) is 36.2. The molecule has 7 rings (SSSR count). The summed E-state index contributed by atoms with van der Waals surface area (Å²) in [5.41, 5.74) is 7.11. The molecule has 1 amide bonds. The molecule has 0 aliphatic heterocycles. The van der Waals surface area contributed by atoms with Crippen molar-refractivity contribution in [3.8, 4) is 0 Å². The maximum Gasteiger partial charge on any atom is 0.309 e. The summed E-state index contributed by atoms with van der Waals surface area (Å²) in [6.45, 7) is 24.3. The van der Waals surface area contributed by atoms with E-state index in [0.717, 1.165) is 62.5 Å². The van der Waals surface area contributed by atoms with E-state index in [1.165, 1.54) is 5.57 Å². The third kappa shape index (κ3) is 6.06. The van der Waals surface area contributed by atoms with Gasteiger partial charge >= 0.3 is 11.9 Å². The molecule has 10 atom stereocenters. The first-order chi connectivity index (χ1) is 25.9. The van der Waals surface area contributed by atoms with Crippen LogP contribution in [0.2, 0.25) is 0 Å². The van der Waals surface area contributed by atoms with Crippen molar-refractivity contribution in [2.75, 3.05) is 0 Å². The summed E-state index contributed by atoms with van der Waals surface area (Å²) in [4.78, 5) is 54.5. The summed E-state index contributed by atoms with van der Waals surface area (Å²) in [5, 5.41) is 3.40. The highest BCUT2D eigenvalue weighted by atomic mass is 16.5. The minimum Gasteiger partial charge on any atom is -0.462 e. The number of carbonyl (C=O) groups excluding carboxylic acids is 4. The highest BCUT2D eigenvalue weighted by Gasteiger charge is 2.70. The molecule has 0 saturated heterocycles. The second kappa shape index (κ2) is 13.5. The van der Waals surface area contributed by atoms with Crippen molar-refractivity contribution in [2.45, 2.75) is 164 Å². The van der Waals surface area contributed by atoms with Crippen LogP contribution in [-0.2, 0) is 35.3 Å². The van der Waals surface area contributed by atoms with Crippen LogP contribution >= 0.6 is 0 Å². The first-order valence-electron chi connectivity index (χ1n) is 21.7. The number of Topliss-reactive ketones (excluding diaryl/α,β-unsaturated/α-hetero) is 1. The van der Waals surface area contributed by atoms with E-state index < -0.39 is 16.5 Å². The van der Waals surface area contributed by atoms with Crippen molar-refractivity contribution in [2.24, 2.45) is 68.3 Å². The maximum absolute atomic E-state index is 14.0. The van der Waals surface area contributed by atoms with Gasteiger partial charge in [0.05, 0.1) is 22.9 Å². The van der Waals surface area contributed by atoms with E-state index in [2.05, 4.69) is 53.8 Å². The Morgan fingerprint density at radius 3 is 2.11 bits per heavy atom. The van der Waals surface area contributed by atoms with E-state index in [9.17, 15) is 19.2 Å². The molecule has 8 nitrogen and oxygen atoms in total. The van der Waals surface area contributed by atoms with E-state index in [1.54, 1.807) is 13.8 Å². The molecule has 0 radical (unpaired) electrons. The van der Waals surface area contributed by atoms with Crippen molar-refractivity contribution in [1.82, 2.24) is 5.32 Å². The molecule has 0 spiro atoms. The largest absolute Gasteiger partial charge is 0.462 e. The molecule has 6 aliphatic rings. The molecule has 5 fully saturated rings. The van der Waals surface area contributed by atoms with Gasteiger partial charge in [0, 0.05) is 11.8 Å². The lowest BCUT2D eigenvalue weighted by atomic mass is 9.33. The molecule has 5 saturated carbocycles. The lowest BCUT2D eigenvalue weighted by molar-refractivity contribution is -0.235. The first kappa shape index (κ1) is 41.2. The Balaban J connectivity index is 1.08. The smallest absolute Gasteiger partial charge is 0.309 e. The van der Waals surface area contributed by atoms with E-state index >= 15 is 0 Å². The van der Waals surface area contributed by atoms with Crippen molar-refractivity contribution in [1.29, 1.82) is 0 Å². The first-order valence-corrected chi connectivity index (χ1v) is 21.7. The summed E-state index contributed by atoms with van der Waals surface area (Å²) >= 11 is 0. The third-order valence-electron chi connectivity index (χ3n) is 17.6. The van der Waals surface area contributed by atoms with Crippen LogP contribution in [-0.4, -0.2) is 40.8 Å². The Morgan fingerprint density at radius 2 is 1.48 bits per heavy atom. The number of esters is 2. The third-order valence-corrected chi connectivity index (χ3v) is 17.6. The van der Waals surface area contributed by atoms with Gasteiger partial charge < -0.3 is 20.5 Å². The molecule has 308 valence electrons. The molecule has 0 heterocycles. The molecule has 6 aliphatic carbocycles. The fourth-order valence-corrected chi connectivity index (χ4v) is 14.1. The van der Waals surface area contributed by atoms with E-state index in [4.69, 9.17) is 15.2 Å². The van der Waals surface area contributed by atoms with Gasteiger partial charge in [-0.2, -0.15) is 0 Å². The minimum absolute atomic E-state index is 0.0293. The topological polar surface area (TPSA) is 125 Å². The van der Waals surface area contributed by atoms with Crippen LogP contribution in [0.5, 0.6) is 0 Å². The SMILES string of the molecule is CC(C)C1=C2[C@H]3CCC4[C@@]5(C)CC[C@H](OC(=O)[C@@H]6C[C@H](C(=O)OCc7ccccc7)C6(C)C)C(C)(C)C5CC[C@@]4(C)[C@]3(C)CC[C@@]2(NC(=O)C(C)(C)N)CC1=O. The molecule has 0 aromatic heterocycles. The average molecular weight is 771 g/mol. The number of ketones is 1. The maximum atomic E-state index is 14.0. The lowest BCUT2D eigenvalue weighted by Gasteiger charge is -2.72. The van der Waals surface area contributed by atoms with Gasteiger partial charge in [0.25, 0.3) is 0 Å². The minimum atomic E-state index is -1.03. The number of benzene rings is 1. The molecule has 3 N–H and O–H groups in total. The number of carbonyl (C=O) groups is 4. The van der Waals surface area contributed by atoms with Gasteiger partial charge in [-0.3, -0.25) is 19.2 Å². The fraction of sp³-hybridized carbons (Fsp3) is 0.750. The van der Waals surface area contributed by atoms with E-state index in [-0.39, 0.29) is 81.7 Å². The van der Waals surface area contributed by atoms with Crippen molar-refractivity contribution in [3.63, 3.8) is 0 Å². The van der Waals surface area contributed by atoms with Crippen LogP contribution in [0, 0.1) is 62.6 Å². The molecule has 1 aromatic carbocycles. The number of allylic oxidation sites excluding steroid dienone is 1. The highest BCUT2D eigenvalue weighted by molar-refractivity contribution is 6.02. The Hall–Kier alpha value is -3.00. The quantitative estimate of drug-likeness (QED) is 0.253. The van der Waals surface area contributed by atoms with Crippen LogP contribution in [0.15, 0.2) is 41.5 Å². The Bertz CT molecular complexity index is 1810. The zero-order valence-electron chi connectivity index (χ0n) is 36.2. The number of amides is 1. The van der Waals surface area contributed by atoms with Gasteiger partial charge in [0.1, 0.15) is 12.7 Å². The van der Waals surface area contributed by atoms with Crippen LogP contribution in [0.4, 0.5) is 0 Å². The molecule has 56 heavy (non-hydrogen) atoms. The number of fused-ring (bicyclic) bond motifs is 7. The van der Waals surface area contributed by atoms with Crippen LogP contribution < -0.4 is 11.1 Å². The summed E-state index contributed by atoms with van der Waals surface area (Å²) in [7, 11) is 0. The van der Waals surface area contributed by atoms with Crippen LogP contribution in [0.25, 0.3) is 0 Å². The van der Waals surface area contributed by atoms with E-state index in [1.807, 2.05) is 44.2 Å². The number of rotatable bonds is 8. The number of hydrogen-bond donors (Lipinski definition) is 2. The second-order valence-corrected chi connectivity index (χ2v) is 22.0. The molecule has 0 bridgehead atoms. The molecular weight excluding hydrogens is 701 g/mol. The predicted octanol–water partition coefficient (Wildman–Crippen LogP) is 8.89. The summed E-state index contributed by atoms with van der Waals surface area (Å²) < 4.78 is 12.2. The zero-order chi connectivity index (χ0) is 41.0. The fourth-order valence-electron chi connectivity index (χ4n) is 14.1. The van der Waals surface area contributed by atoms with Crippen molar-refractivity contribution < 1.29 is 28.7 Å². The summed E-state index contributed by atoms with van der Waals surface area (Å²) in [6.07, 6.45) is 8.41. The summed E-state index contributed by atoms with van der Waals surface area (Å²) in [5.74, 6) is 0.112. The van der Waals surface area contributed by atoms with Gasteiger partial charge in [-0.1, -0.05) is 92.6 Å². The second-order valence-electron chi connectivity index (χ2n) is 22.0. The Labute approximate surface area is 336 Å². The normalized spacial score (nSPS) is 39.7. The molecule has 8 heteroatoms. The van der Waals surface area contributed by atoms with Crippen molar-refractivity contribution in [3.05, 3.63) is 47.0 Å². The van der Waals surface area contributed by atoms with Crippen molar-refractivity contribution >= 4 is 23.6 Å². The standard InChI is InChI=1S/C48H70N2O6/c1-28(2)37-33(51)26-48(50-41(54)44(7,8)49)24-23-46(10)30(38(37)48)17-18-35-45(9)21-20-36(43(5,6)34(45)19-22-47(35,46)11)56-40(53)32-25-31(42(32,3)4)39(52)55-27-29-15-13-12-14-16-29/h12-16,28,30-32,34-36H,17-27,49H2,1-11H3,(H,50,54)/t30-,31-,32+,34?,35?,36+,45+,46-,47-,48-/m1/s1. The van der Waals surface area contributed by atoms with E-state index in [0.29, 0.717) is 24.7 Å². The Kier molecular flexibility index (Phi) is 9.94. The van der Waals surface area contributed by atoms with Gasteiger partial charge in [-0.25, -0.2) is 0 Å². The Morgan fingerprint density at radius 1 is 0.821 bits per heavy atom. The van der Waals surface area contributed by atoms with Crippen LogP contribution in [0.3, 0.4) is 0 Å². The van der Waals surface area contributed by atoms with Crippen LogP contribution in [0.1, 0.15) is 146 Å². The predicted molar refractivity (Wildman–Crippen MR) is 218 cm³/mol. The van der Waals surface area contributed by atoms with Gasteiger partial charge in [-0.05, 0) is 134 Å². The molecular formula is C48H70N2O6. The van der Waals surface area contributed by atoms with Gasteiger partial charge in [0.2, 0.25) is 5.91 Å². The molecule has 2 unspecified atom stereocenters. The average Bonchev–Trinajstić information content (AvgIpc) is 3.40. The number of hydrogen-bond acceptors (Lipinski definition) is 7. The summed E-state index contributed by atoms with van der Waals surface area (Å²) in [6, 6.07) is 9.70. The van der Waals surface area contributed by atoms with Gasteiger partial charge in [-0.15, -0.1) is 0 Å².